The predicted molar refractivity (Wildman–Crippen MR) is 95.8 cm³/mol. The Balaban J connectivity index is 1.40. The second-order valence-electron chi connectivity index (χ2n) is 7.60. The predicted octanol–water partition coefficient (Wildman–Crippen LogP) is 1.64. The number of nitrogens with zero attached hydrogens (tertiary/aromatic N) is 2. The first-order chi connectivity index (χ1) is 13.5. The third-order valence-electron chi connectivity index (χ3n) is 6.06. The van der Waals surface area contributed by atoms with Crippen molar-refractivity contribution >= 4 is 23.9 Å². The van der Waals surface area contributed by atoms with E-state index >= 15 is 0 Å². The summed E-state index contributed by atoms with van der Waals surface area (Å²) in [6.07, 6.45) is 0.695. The van der Waals surface area contributed by atoms with Crippen LogP contribution in [0.1, 0.15) is 31.2 Å². The molecule has 4 rings (SSSR count). The molecule has 0 aromatic heterocycles. The summed E-state index contributed by atoms with van der Waals surface area (Å²) < 4.78 is 5.31. The van der Waals surface area contributed by atoms with Crippen molar-refractivity contribution in [2.24, 2.45) is 11.8 Å². The number of benzene rings is 1. The summed E-state index contributed by atoms with van der Waals surface area (Å²) >= 11 is 0. The van der Waals surface area contributed by atoms with Crippen molar-refractivity contribution in [1.82, 2.24) is 9.80 Å². The first-order valence-electron chi connectivity index (χ1n) is 9.54. The molecule has 8 heteroatoms. The van der Waals surface area contributed by atoms with Gasteiger partial charge in [0.2, 0.25) is 11.8 Å². The van der Waals surface area contributed by atoms with Crippen molar-refractivity contribution in [3.05, 3.63) is 35.9 Å². The largest absolute Gasteiger partial charge is 0.465 e. The highest BCUT2D eigenvalue weighted by Crippen LogP contribution is 2.41. The molecule has 1 aromatic carbocycles. The number of carbonyl (C=O) groups is 4. The van der Waals surface area contributed by atoms with Gasteiger partial charge in [0.1, 0.15) is 12.5 Å². The molecule has 2 bridgehead atoms. The fraction of sp³-hybridized carbons (Fsp3) is 0.500. The smallest absolute Gasteiger partial charge is 0.414 e. The van der Waals surface area contributed by atoms with Crippen molar-refractivity contribution in [2.45, 2.75) is 44.4 Å². The van der Waals surface area contributed by atoms with Gasteiger partial charge in [0.25, 0.3) is 0 Å². The summed E-state index contributed by atoms with van der Waals surface area (Å²) in [7, 11) is 0. The van der Waals surface area contributed by atoms with E-state index in [0.717, 1.165) is 10.5 Å². The average Bonchev–Trinajstić information content (AvgIpc) is 3.19. The monoisotopic (exact) mass is 386 g/mol. The molecule has 1 aromatic rings. The normalized spacial score (nSPS) is 29.3. The summed E-state index contributed by atoms with van der Waals surface area (Å²) in [5, 5.41) is 9.27. The minimum absolute atomic E-state index is 0.114. The first kappa shape index (κ1) is 18.5. The van der Waals surface area contributed by atoms with Gasteiger partial charge in [-0.05, 0) is 31.2 Å². The van der Waals surface area contributed by atoms with E-state index in [1.807, 2.05) is 30.3 Å². The van der Waals surface area contributed by atoms with Gasteiger partial charge >= 0.3 is 12.1 Å². The van der Waals surface area contributed by atoms with Crippen LogP contribution >= 0.6 is 0 Å². The van der Waals surface area contributed by atoms with Gasteiger partial charge in [0, 0.05) is 18.6 Å². The maximum Gasteiger partial charge on any atom is 0.414 e. The van der Waals surface area contributed by atoms with Gasteiger partial charge < -0.3 is 14.7 Å². The molecule has 1 N–H and O–H groups in total. The Labute approximate surface area is 162 Å². The van der Waals surface area contributed by atoms with Crippen LogP contribution in [0.2, 0.25) is 0 Å². The van der Waals surface area contributed by atoms with E-state index in [1.54, 1.807) is 4.90 Å². The van der Waals surface area contributed by atoms with Crippen LogP contribution in [0.5, 0.6) is 0 Å². The lowest BCUT2D eigenvalue weighted by molar-refractivity contribution is -0.154. The molecule has 3 unspecified atom stereocenters. The summed E-state index contributed by atoms with van der Waals surface area (Å²) in [6.45, 7) is 0.499. The molecule has 4 atom stereocenters. The summed E-state index contributed by atoms with van der Waals surface area (Å²) in [6, 6.07) is 8.61. The Hall–Kier alpha value is -2.90. The molecule has 3 fully saturated rings. The van der Waals surface area contributed by atoms with Crippen molar-refractivity contribution in [2.75, 3.05) is 6.54 Å². The lowest BCUT2D eigenvalue weighted by atomic mass is 9.84. The Bertz CT molecular complexity index is 810. The molecule has 28 heavy (non-hydrogen) atoms. The molecule has 0 radical (unpaired) electrons. The van der Waals surface area contributed by atoms with Crippen LogP contribution in [-0.2, 0) is 25.7 Å². The minimum Gasteiger partial charge on any atom is -0.465 e. The van der Waals surface area contributed by atoms with E-state index in [-0.39, 0.29) is 24.6 Å². The Kier molecular flexibility index (Phi) is 4.78. The number of fused-ring (bicyclic) bond motifs is 2. The quantitative estimate of drug-likeness (QED) is 0.623. The van der Waals surface area contributed by atoms with Gasteiger partial charge in [-0.25, -0.2) is 9.69 Å². The highest BCUT2D eigenvalue weighted by molar-refractivity contribution is 6.00. The van der Waals surface area contributed by atoms with Crippen molar-refractivity contribution in [3.63, 3.8) is 0 Å². The summed E-state index contributed by atoms with van der Waals surface area (Å²) in [5.41, 5.74) is 0.849. The van der Waals surface area contributed by atoms with Gasteiger partial charge in [0.15, 0.2) is 0 Å². The van der Waals surface area contributed by atoms with Crippen LogP contribution in [0, 0.1) is 11.8 Å². The molecule has 148 valence electrons. The zero-order valence-electron chi connectivity index (χ0n) is 15.3. The van der Waals surface area contributed by atoms with Crippen molar-refractivity contribution < 1.29 is 29.0 Å². The Morgan fingerprint density at radius 3 is 2.54 bits per heavy atom. The Morgan fingerprint density at radius 2 is 1.82 bits per heavy atom. The number of hydrogen-bond acceptors (Lipinski definition) is 5. The number of imide groups is 1. The molecular weight excluding hydrogens is 364 g/mol. The number of carbonyl (C=O) groups excluding carboxylic acids is 3. The molecule has 2 aliphatic heterocycles. The van der Waals surface area contributed by atoms with Crippen LogP contribution in [0.15, 0.2) is 30.3 Å². The van der Waals surface area contributed by atoms with Crippen LogP contribution < -0.4 is 0 Å². The molecule has 1 aliphatic carbocycles. The molecule has 2 heterocycles. The molecule has 1 saturated carbocycles. The molecule has 2 saturated heterocycles. The number of amides is 3. The average molecular weight is 386 g/mol. The molecule has 3 amide bonds. The molecular formula is C20H22N2O6. The number of rotatable bonds is 4. The zero-order valence-corrected chi connectivity index (χ0v) is 15.3. The van der Waals surface area contributed by atoms with Crippen molar-refractivity contribution in [1.29, 1.82) is 0 Å². The SMILES string of the molecule is O=C(OCc1ccccc1)[C@H]1CCN(C2CCC3CC2C(=O)N3C(=O)O)C1=O. The second kappa shape index (κ2) is 7.26. The number of likely N-dealkylation sites (tertiary alicyclic amines) is 2. The van der Waals surface area contributed by atoms with E-state index < -0.39 is 29.8 Å². The van der Waals surface area contributed by atoms with E-state index in [4.69, 9.17) is 4.74 Å². The minimum atomic E-state index is -1.23. The van der Waals surface area contributed by atoms with Gasteiger partial charge in [-0.15, -0.1) is 0 Å². The van der Waals surface area contributed by atoms with Gasteiger partial charge in [-0.2, -0.15) is 0 Å². The number of carboxylic acid groups (broad SMARTS) is 1. The highest BCUT2D eigenvalue weighted by atomic mass is 16.5. The van der Waals surface area contributed by atoms with Gasteiger partial charge in [0.05, 0.1) is 5.92 Å². The van der Waals surface area contributed by atoms with Crippen LogP contribution in [0.4, 0.5) is 4.79 Å². The highest BCUT2D eigenvalue weighted by Gasteiger charge is 2.53. The molecule has 3 aliphatic rings. The van der Waals surface area contributed by atoms with E-state index in [1.165, 1.54) is 0 Å². The van der Waals surface area contributed by atoms with E-state index in [9.17, 15) is 24.3 Å². The second-order valence-corrected chi connectivity index (χ2v) is 7.60. The summed E-state index contributed by atoms with van der Waals surface area (Å²) in [5.74, 6) is -2.65. The van der Waals surface area contributed by atoms with Crippen molar-refractivity contribution in [3.8, 4) is 0 Å². The van der Waals surface area contributed by atoms with E-state index in [2.05, 4.69) is 0 Å². The lowest BCUT2D eigenvalue weighted by Gasteiger charge is -2.34. The van der Waals surface area contributed by atoms with E-state index in [0.29, 0.717) is 32.2 Å². The third kappa shape index (κ3) is 3.12. The summed E-state index contributed by atoms with van der Waals surface area (Å²) in [4.78, 5) is 51.6. The van der Waals surface area contributed by atoms with Crippen LogP contribution in [0.25, 0.3) is 0 Å². The standard InChI is InChI=1S/C20H22N2O6/c23-17-14(19(25)28-11-12-4-2-1-3-5-12)8-9-21(17)16-7-6-13-10-15(16)18(24)22(13)20(26)27/h1-5,13-16H,6-11H2,(H,26,27)/t13?,14-,15?,16?/m0/s1. The number of esters is 1. The zero-order chi connectivity index (χ0) is 19.8. The first-order valence-corrected chi connectivity index (χ1v) is 9.54. The lowest BCUT2D eigenvalue weighted by Crippen LogP contribution is -2.46. The molecule has 8 nitrogen and oxygen atoms in total. The number of ether oxygens (including phenoxy) is 1. The number of hydrogen-bond donors (Lipinski definition) is 1. The maximum atomic E-state index is 12.8. The topological polar surface area (TPSA) is 104 Å². The third-order valence-corrected chi connectivity index (χ3v) is 6.06. The molecule has 0 spiro atoms. The van der Waals surface area contributed by atoms with Gasteiger partial charge in [-0.1, -0.05) is 30.3 Å². The van der Waals surface area contributed by atoms with Crippen LogP contribution in [-0.4, -0.2) is 57.4 Å². The Morgan fingerprint density at radius 1 is 1.07 bits per heavy atom. The maximum absolute atomic E-state index is 12.8. The van der Waals surface area contributed by atoms with Crippen LogP contribution in [0.3, 0.4) is 0 Å². The fourth-order valence-corrected chi connectivity index (χ4v) is 4.69. The fourth-order valence-electron chi connectivity index (χ4n) is 4.69. The van der Waals surface area contributed by atoms with Gasteiger partial charge in [-0.3, -0.25) is 14.4 Å².